The van der Waals surface area contributed by atoms with Gasteiger partial charge < -0.3 is 4.90 Å². The highest BCUT2D eigenvalue weighted by atomic mass is 19.4. The van der Waals surface area contributed by atoms with Crippen molar-refractivity contribution in [2.24, 2.45) is 0 Å². The Labute approximate surface area is 197 Å². The van der Waals surface area contributed by atoms with E-state index in [1.165, 1.54) is 6.07 Å². The molecule has 0 aromatic carbocycles. The Balaban J connectivity index is 1.55. The number of rotatable bonds is 5. The van der Waals surface area contributed by atoms with Gasteiger partial charge in [0.2, 0.25) is 0 Å². The van der Waals surface area contributed by atoms with Crippen LogP contribution in [0.4, 0.5) is 13.2 Å². The maximum Gasteiger partial charge on any atom is 0.417 e. The molecule has 0 aliphatic carbocycles. The fraction of sp³-hybridized carbons (Fsp3) is 0.385. The summed E-state index contributed by atoms with van der Waals surface area (Å²) in [5, 5.41) is 0. The van der Waals surface area contributed by atoms with Gasteiger partial charge in [0.25, 0.3) is 5.91 Å². The van der Waals surface area contributed by atoms with Gasteiger partial charge in [-0.05, 0) is 82.3 Å². The van der Waals surface area contributed by atoms with Gasteiger partial charge >= 0.3 is 6.18 Å². The number of alkyl halides is 3. The Morgan fingerprint density at radius 3 is 2.53 bits per heavy atom. The summed E-state index contributed by atoms with van der Waals surface area (Å²) >= 11 is 0. The van der Waals surface area contributed by atoms with Gasteiger partial charge in [0.15, 0.2) is 0 Å². The Morgan fingerprint density at radius 2 is 1.82 bits per heavy atom. The van der Waals surface area contributed by atoms with Crippen LogP contribution in [-0.2, 0) is 12.6 Å². The molecule has 4 heterocycles. The zero-order valence-electron chi connectivity index (χ0n) is 19.3. The number of nitrogens with zero attached hydrogens (tertiary/aromatic N) is 4. The van der Waals surface area contributed by atoms with E-state index in [1.54, 1.807) is 0 Å². The van der Waals surface area contributed by atoms with Gasteiger partial charge in [-0.2, -0.15) is 13.2 Å². The molecule has 0 bridgehead atoms. The first kappa shape index (κ1) is 23.9. The van der Waals surface area contributed by atoms with Crippen LogP contribution in [0.1, 0.15) is 58.8 Å². The van der Waals surface area contributed by atoms with E-state index in [1.807, 2.05) is 49.1 Å². The van der Waals surface area contributed by atoms with E-state index in [-0.39, 0.29) is 11.9 Å². The van der Waals surface area contributed by atoms with Crippen molar-refractivity contribution in [2.45, 2.75) is 58.2 Å². The lowest BCUT2D eigenvalue weighted by Gasteiger charge is -2.36. The van der Waals surface area contributed by atoms with Gasteiger partial charge in [-0.25, -0.2) is 4.98 Å². The molecule has 0 N–H and O–H groups in total. The first-order valence-corrected chi connectivity index (χ1v) is 11.5. The molecule has 1 unspecified atom stereocenters. The van der Waals surface area contributed by atoms with Crippen molar-refractivity contribution in [3.05, 3.63) is 77.0 Å². The molecule has 5 nitrogen and oxygen atoms in total. The molecular weight excluding hydrogens is 441 g/mol. The summed E-state index contributed by atoms with van der Waals surface area (Å²) in [5.41, 5.74) is 3.24. The number of hydrogen-bond donors (Lipinski definition) is 0. The highest BCUT2D eigenvalue weighted by molar-refractivity contribution is 5.98. The summed E-state index contributed by atoms with van der Waals surface area (Å²) < 4.78 is 38.4. The van der Waals surface area contributed by atoms with Crippen LogP contribution >= 0.6 is 0 Å². The number of likely N-dealkylation sites (tertiary alicyclic amines) is 1. The number of carbonyl (C=O) groups is 1. The van der Waals surface area contributed by atoms with E-state index in [4.69, 9.17) is 0 Å². The molecule has 3 aromatic heterocycles. The maximum absolute atomic E-state index is 13.7. The largest absolute Gasteiger partial charge is 0.417 e. The SMILES string of the molecule is Cc1cccc(-c2ccc(C)nc2C(=O)N2CCCCC2CCc2ccc(C(F)(F)F)cn2)n1. The molecule has 8 heteroatoms. The van der Waals surface area contributed by atoms with Crippen LogP contribution in [-0.4, -0.2) is 38.3 Å². The monoisotopic (exact) mass is 468 g/mol. The molecule has 178 valence electrons. The molecule has 0 radical (unpaired) electrons. The minimum Gasteiger partial charge on any atom is -0.334 e. The average molecular weight is 469 g/mol. The highest BCUT2D eigenvalue weighted by Crippen LogP contribution is 2.30. The first-order valence-electron chi connectivity index (χ1n) is 11.5. The topological polar surface area (TPSA) is 59.0 Å². The summed E-state index contributed by atoms with van der Waals surface area (Å²) in [6.07, 6.45) is 0.358. The number of pyridine rings is 3. The van der Waals surface area contributed by atoms with Crippen LogP contribution in [0.25, 0.3) is 11.3 Å². The second-order valence-corrected chi connectivity index (χ2v) is 8.74. The quantitative estimate of drug-likeness (QED) is 0.475. The molecule has 1 aliphatic rings. The lowest BCUT2D eigenvalue weighted by molar-refractivity contribution is -0.137. The van der Waals surface area contributed by atoms with Crippen molar-refractivity contribution in [3.8, 4) is 11.3 Å². The fourth-order valence-electron chi connectivity index (χ4n) is 4.38. The number of hydrogen-bond acceptors (Lipinski definition) is 4. The standard InChI is InChI=1S/C26H27F3N4O/c1-17-6-5-8-23(31-17)22-14-9-18(2)32-24(22)25(34)33-15-4-3-7-21(33)13-12-20-11-10-19(16-30-20)26(27,28)29/h5-6,8-11,14,16,21H,3-4,7,12-13,15H2,1-2H3. The zero-order valence-corrected chi connectivity index (χ0v) is 19.3. The Kier molecular flexibility index (Phi) is 6.95. The van der Waals surface area contributed by atoms with Gasteiger partial charge in [0, 0.05) is 41.4 Å². The van der Waals surface area contributed by atoms with E-state index in [0.29, 0.717) is 42.0 Å². The lowest BCUT2D eigenvalue weighted by atomic mass is 9.95. The Morgan fingerprint density at radius 1 is 1.03 bits per heavy atom. The number of amides is 1. The molecule has 1 atom stereocenters. The van der Waals surface area contributed by atoms with Gasteiger partial charge in [0.1, 0.15) is 5.69 Å². The molecule has 3 aromatic rings. The predicted molar refractivity (Wildman–Crippen MR) is 123 cm³/mol. The summed E-state index contributed by atoms with van der Waals surface area (Å²) in [6.45, 7) is 4.39. The molecule has 4 rings (SSSR count). The summed E-state index contributed by atoms with van der Waals surface area (Å²) in [5.74, 6) is -0.132. The van der Waals surface area contributed by atoms with Crippen LogP contribution in [0, 0.1) is 13.8 Å². The molecule has 0 saturated carbocycles. The van der Waals surface area contributed by atoms with E-state index >= 15 is 0 Å². The number of piperidine rings is 1. The van der Waals surface area contributed by atoms with Crippen LogP contribution in [0.5, 0.6) is 0 Å². The molecule has 1 amide bonds. The van der Waals surface area contributed by atoms with Crippen molar-refractivity contribution >= 4 is 5.91 Å². The minimum atomic E-state index is -4.40. The summed E-state index contributed by atoms with van der Waals surface area (Å²) in [4.78, 5) is 28.7. The fourth-order valence-corrected chi connectivity index (χ4v) is 4.38. The normalized spacial score (nSPS) is 16.5. The van der Waals surface area contributed by atoms with Crippen molar-refractivity contribution in [2.75, 3.05) is 6.54 Å². The number of carbonyl (C=O) groups excluding carboxylic acids is 1. The second-order valence-electron chi connectivity index (χ2n) is 8.74. The van der Waals surface area contributed by atoms with Crippen LogP contribution in [0.15, 0.2) is 48.7 Å². The van der Waals surface area contributed by atoms with Gasteiger partial charge in [-0.1, -0.05) is 6.07 Å². The zero-order chi connectivity index (χ0) is 24.3. The van der Waals surface area contributed by atoms with Gasteiger partial charge in [-0.3, -0.25) is 14.8 Å². The van der Waals surface area contributed by atoms with E-state index in [2.05, 4.69) is 15.0 Å². The first-order chi connectivity index (χ1) is 16.2. The van der Waals surface area contributed by atoms with Gasteiger partial charge in [-0.15, -0.1) is 0 Å². The third-order valence-electron chi connectivity index (χ3n) is 6.18. The second kappa shape index (κ2) is 9.91. The molecular formula is C26H27F3N4O. The van der Waals surface area contributed by atoms with E-state index < -0.39 is 11.7 Å². The summed E-state index contributed by atoms with van der Waals surface area (Å²) in [6, 6.07) is 11.9. The van der Waals surface area contributed by atoms with Crippen molar-refractivity contribution in [1.29, 1.82) is 0 Å². The van der Waals surface area contributed by atoms with Crippen molar-refractivity contribution in [1.82, 2.24) is 19.9 Å². The van der Waals surface area contributed by atoms with Gasteiger partial charge in [0.05, 0.1) is 11.3 Å². The van der Waals surface area contributed by atoms with E-state index in [9.17, 15) is 18.0 Å². The lowest BCUT2D eigenvalue weighted by Crippen LogP contribution is -2.44. The van der Waals surface area contributed by atoms with Crippen LogP contribution < -0.4 is 0 Å². The number of aromatic nitrogens is 3. The minimum absolute atomic E-state index is 0.0222. The van der Waals surface area contributed by atoms with Crippen molar-refractivity contribution in [3.63, 3.8) is 0 Å². The predicted octanol–water partition coefficient (Wildman–Crippen LogP) is 5.80. The smallest absolute Gasteiger partial charge is 0.334 e. The number of aryl methyl sites for hydroxylation is 3. The Bertz CT molecular complexity index is 1160. The average Bonchev–Trinajstić information content (AvgIpc) is 2.82. The molecule has 1 fully saturated rings. The van der Waals surface area contributed by atoms with Crippen LogP contribution in [0.2, 0.25) is 0 Å². The maximum atomic E-state index is 13.7. The molecule has 1 saturated heterocycles. The number of halogens is 3. The molecule has 1 aliphatic heterocycles. The van der Waals surface area contributed by atoms with Crippen LogP contribution in [0.3, 0.4) is 0 Å². The molecule has 34 heavy (non-hydrogen) atoms. The third-order valence-corrected chi connectivity index (χ3v) is 6.18. The third kappa shape index (κ3) is 5.43. The van der Waals surface area contributed by atoms with E-state index in [0.717, 1.165) is 42.9 Å². The summed E-state index contributed by atoms with van der Waals surface area (Å²) in [7, 11) is 0. The molecule has 0 spiro atoms. The Hall–Kier alpha value is -3.29. The van der Waals surface area contributed by atoms with Crippen molar-refractivity contribution < 1.29 is 18.0 Å². The highest BCUT2D eigenvalue weighted by Gasteiger charge is 2.32.